The summed E-state index contributed by atoms with van der Waals surface area (Å²) in [6.45, 7) is 6.00. The average molecular weight is 394 g/mol. The van der Waals surface area contributed by atoms with E-state index in [1.807, 2.05) is 47.7 Å². The minimum absolute atomic E-state index is 0.0973. The smallest absolute Gasteiger partial charge is 0.279 e. The molecule has 1 saturated heterocycles. The number of hydrogen-bond acceptors (Lipinski definition) is 2. The Morgan fingerprint density at radius 2 is 1.57 bits per heavy atom. The fourth-order valence-corrected chi connectivity index (χ4v) is 4.63. The van der Waals surface area contributed by atoms with Crippen molar-refractivity contribution in [3.8, 4) is 11.1 Å². The van der Waals surface area contributed by atoms with Gasteiger partial charge in [-0.05, 0) is 23.1 Å². The highest BCUT2D eigenvalue weighted by Crippen LogP contribution is 2.27. The van der Waals surface area contributed by atoms with Gasteiger partial charge in [0, 0.05) is 11.3 Å². The van der Waals surface area contributed by atoms with Crippen LogP contribution in [0.5, 0.6) is 0 Å². The van der Waals surface area contributed by atoms with Crippen LogP contribution < -0.4 is 15.1 Å². The molecular formula is C23H27N3OS+2. The monoisotopic (exact) mass is 393 g/mol. The fraction of sp³-hybridized carbons (Fsp3) is 0.261. The quantitative estimate of drug-likeness (QED) is 0.581. The van der Waals surface area contributed by atoms with Gasteiger partial charge in [0.1, 0.15) is 32.7 Å². The van der Waals surface area contributed by atoms with E-state index >= 15 is 0 Å². The minimum atomic E-state index is 0.0973. The zero-order valence-electron chi connectivity index (χ0n) is 16.0. The number of rotatable bonds is 6. The van der Waals surface area contributed by atoms with Crippen LogP contribution in [0.2, 0.25) is 0 Å². The largest absolute Gasteiger partial charge is 0.321 e. The molecule has 0 atom stereocenters. The molecule has 3 aromatic rings. The topological polar surface area (TPSA) is 38.0 Å². The molecule has 2 heterocycles. The van der Waals surface area contributed by atoms with E-state index in [2.05, 4.69) is 41.0 Å². The molecule has 28 heavy (non-hydrogen) atoms. The van der Waals surface area contributed by atoms with Crippen molar-refractivity contribution in [2.75, 3.05) is 38.0 Å². The van der Waals surface area contributed by atoms with Gasteiger partial charge in [-0.15, -0.1) is 11.3 Å². The molecule has 5 heteroatoms. The molecule has 0 spiro atoms. The van der Waals surface area contributed by atoms with Crippen molar-refractivity contribution in [1.82, 2.24) is 0 Å². The van der Waals surface area contributed by atoms with E-state index in [9.17, 15) is 4.79 Å². The number of nitrogens with one attached hydrogen (secondary N) is 3. The van der Waals surface area contributed by atoms with Crippen LogP contribution in [-0.4, -0.2) is 38.6 Å². The second-order valence-corrected chi connectivity index (χ2v) is 8.42. The highest BCUT2D eigenvalue weighted by atomic mass is 32.1. The maximum absolute atomic E-state index is 12.7. The molecule has 4 nitrogen and oxygen atoms in total. The molecule has 4 rings (SSSR count). The second kappa shape index (κ2) is 9.15. The Bertz CT molecular complexity index is 887. The lowest BCUT2D eigenvalue weighted by Crippen LogP contribution is -3.28. The number of benzene rings is 2. The molecule has 1 aliphatic heterocycles. The molecule has 1 aliphatic rings. The fourth-order valence-electron chi connectivity index (χ4n) is 3.85. The summed E-state index contributed by atoms with van der Waals surface area (Å²) in [5, 5.41) is 5.29. The van der Waals surface area contributed by atoms with Gasteiger partial charge in [0.05, 0.1) is 4.88 Å². The van der Waals surface area contributed by atoms with Gasteiger partial charge in [-0.25, -0.2) is 0 Å². The zero-order chi connectivity index (χ0) is 19.2. The first-order valence-electron chi connectivity index (χ1n) is 9.92. The van der Waals surface area contributed by atoms with Gasteiger partial charge >= 0.3 is 0 Å². The number of anilines is 1. The summed E-state index contributed by atoms with van der Waals surface area (Å²) >= 11 is 1.84. The lowest BCUT2D eigenvalue weighted by molar-refractivity contribution is -1.01. The van der Waals surface area contributed by atoms with Gasteiger partial charge in [-0.2, -0.15) is 0 Å². The Hall–Kier alpha value is -2.47. The van der Waals surface area contributed by atoms with Gasteiger partial charge in [0.2, 0.25) is 0 Å². The van der Waals surface area contributed by atoms with E-state index < -0.39 is 0 Å². The van der Waals surface area contributed by atoms with Crippen LogP contribution >= 0.6 is 11.3 Å². The van der Waals surface area contributed by atoms with Crippen molar-refractivity contribution in [1.29, 1.82) is 0 Å². The first-order valence-corrected chi connectivity index (χ1v) is 10.8. The maximum atomic E-state index is 12.7. The van der Waals surface area contributed by atoms with E-state index in [4.69, 9.17) is 0 Å². The van der Waals surface area contributed by atoms with E-state index in [-0.39, 0.29) is 5.91 Å². The predicted molar refractivity (Wildman–Crippen MR) is 115 cm³/mol. The Labute approximate surface area is 170 Å². The van der Waals surface area contributed by atoms with E-state index in [1.54, 1.807) is 4.90 Å². The number of carbonyl (C=O) groups is 1. The molecule has 0 bridgehead atoms. The van der Waals surface area contributed by atoms with Crippen molar-refractivity contribution < 1.29 is 14.6 Å². The summed E-state index contributed by atoms with van der Waals surface area (Å²) in [4.78, 5) is 17.1. The normalized spacial score (nSPS) is 19.3. The number of piperazine rings is 1. The summed E-state index contributed by atoms with van der Waals surface area (Å²) in [6, 6.07) is 22.6. The van der Waals surface area contributed by atoms with Crippen molar-refractivity contribution >= 4 is 22.9 Å². The van der Waals surface area contributed by atoms with Crippen LogP contribution in [-0.2, 0) is 11.3 Å². The number of para-hydroxylation sites is 1. The second-order valence-electron chi connectivity index (χ2n) is 7.39. The summed E-state index contributed by atoms with van der Waals surface area (Å²) in [7, 11) is 0. The van der Waals surface area contributed by atoms with Gasteiger partial charge in [0.25, 0.3) is 5.91 Å². The number of amides is 1. The summed E-state index contributed by atoms with van der Waals surface area (Å²) < 4.78 is 0. The van der Waals surface area contributed by atoms with Crippen LogP contribution in [0.25, 0.3) is 11.1 Å². The van der Waals surface area contributed by atoms with Crippen LogP contribution in [0.1, 0.15) is 4.88 Å². The Kier molecular flexibility index (Phi) is 6.17. The van der Waals surface area contributed by atoms with Crippen molar-refractivity contribution in [2.24, 2.45) is 0 Å². The third-order valence-electron chi connectivity index (χ3n) is 5.37. The first kappa shape index (κ1) is 18.9. The predicted octanol–water partition coefficient (Wildman–Crippen LogP) is 1.34. The SMILES string of the molecule is O=C(C[NH+]1CC[NH+](Cc2cccs2)CC1)Nc1ccccc1-c1ccccc1. The standard InChI is InChI=1S/C23H25N3OS/c27-23(18-26-14-12-25(13-15-26)17-20-9-6-16-28-20)24-22-11-5-4-10-21(22)19-7-2-1-3-8-19/h1-11,16H,12-15,17-18H2,(H,24,27)/p+2. The summed E-state index contributed by atoms with van der Waals surface area (Å²) in [5.74, 6) is 0.0973. The van der Waals surface area contributed by atoms with Crippen LogP contribution in [0.4, 0.5) is 5.69 Å². The molecule has 0 radical (unpaired) electrons. The number of carbonyl (C=O) groups excluding carboxylic acids is 1. The van der Waals surface area contributed by atoms with E-state index in [0.717, 1.165) is 49.5 Å². The molecular weight excluding hydrogens is 366 g/mol. The van der Waals surface area contributed by atoms with Crippen LogP contribution in [0.15, 0.2) is 72.1 Å². The third-order valence-corrected chi connectivity index (χ3v) is 6.24. The molecule has 3 N–H and O–H groups in total. The van der Waals surface area contributed by atoms with Gasteiger partial charge in [-0.3, -0.25) is 4.79 Å². The molecule has 144 valence electrons. The number of hydrogen-bond donors (Lipinski definition) is 3. The van der Waals surface area contributed by atoms with E-state index in [1.165, 1.54) is 9.78 Å². The van der Waals surface area contributed by atoms with Crippen molar-refractivity contribution in [3.63, 3.8) is 0 Å². The van der Waals surface area contributed by atoms with Crippen molar-refractivity contribution in [3.05, 3.63) is 77.0 Å². The molecule has 0 saturated carbocycles. The molecule has 1 fully saturated rings. The molecule has 2 aromatic carbocycles. The van der Waals surface area contributed by atoms with Crippen LogP contribution in [0.3, 0.4) is 0 Å². The Morgan fingerprint density at radius 3 is 2.32 bits per heavy atom. The van der Waals surface area contributed by atoms with E-state index in [0.29, 0.717) is 6.54 Å². The lowest BCUT2D eigenvalue weighted by atomic mass is 10.0. The summed E-state index contributed by atoms with van der Waals surface area (Å²) in [6.07, 6.45) is 0. The van der Waals surface area contributed by atoms with Gasteiger partial charge in [0.15, 0.2) is 6.54 Å². The highest BCUT2D eigenvalue weighted by Gasteiger charge is 2.25. The molecule has 0 unspecified atom stereocenters. The first-order chi connectivity index (χ1) is 13.8. The summed E-state index contributed by atoms with van der Waals surface area (Å²) in [5.41, 5.74) is 3.08. The maximum Gasteiger partial charge on any atom is 0.279 e. The Balaban J connectivity index is 1.31. The zero-order valence-corrected chi connectivity index (χ0v) is 16.8. The average Bonchev–Trinajstić information content (AvgIpc) is 3.24. The minimum Gasteiger partial charge on any atom is -0.321 e. The Morgan fingerprint density at radius 1 is 0.857 bits per heavy atom. The molecule has 1 amide bonds. The molecule has 1 aromatic heterocycles. The lowest BCUT2D eigenvalue weighted by Gasteiger charge is -2.29. The van der Waals surface area contributed by atoms with Crippen molar-refractivity contribution in [2.45, 2.75) is 6.54 Å². The van der Waals surface area contributed by atoms with Crippen LogP contribution in [0, 0.1) is 0 Å². The molecule has 0 aliphatic carbocycles. The number of quaternary nitrogens is 2. The van der Waals surface area contributed by atoms with Gasteiger partial charge < -0.3 is 15.1 Å². The highest BCUT2D eigenvalue weighted by molar-refractivity contribution is 7.09. The third kappa shape index (κ3) is 4.87. The van der Waals surface area contributed by atoms with Gasteiger partial charge in [-0.1, -0.05) is 54.6 Å². The number of thiophene rings is 1.